The molecule has 0 saturated carbocycles. The minimum atomic E-state index is -4.73. The van der Waals surface area contributed by atoms with Crippen molar-refractivity contribution in [2.24, 2.45) is 5.92 Å². The fourth-order valence-electron chi connectivity index (χ4n) is 4.09. The van der Waals surface area contributed by atoms with E-state index in [1.54, 1.807) is 0 Å². The maximum atomic E-state index is 14.6. The van der Waals surface area contributed by atoms with Crippen molar-refractivity contribution in [2.75, 3.05) is 19.8 Å². The molecule has 0 aliphatic carbocycles. The Hall–Kier alpha value is -2.79. The lowest BCUT2D eigenvalue weighted by Crippen LogP contribution is -2.50. The number of rotatable bonds is 5. The van der Waals surface area contributed by atoms with Crippen molar-refractivity contribution in [2.45, 2.75) is 31.1 Å². The Morgan fingerprint density at radius 3 is 2.56 bits per heavy atom. The van der Waals surface area contributed by atoms with E-state index in [-0.39, 0.29) is 43.2 Å². The molecule has 0 bridgehead atoms. The molecule has 2 aliphatic heterocycles. The molecule has 2 aliphatic rings. The zero-order valence-electron chi connectivity index (χ0n) is 17.5. The van der Waals surface area contributed by atoms with Crippen LogP contribution in [0.5, 0.6) is 0 Å². The van der Waals surface area contributed by atoms with Crippen molar-refractivity contribution in [3.05, 3.63) is 63.9 Å². The molecule has 34 heavy (non-hydrogen) atoms. The van der Waals surface area contributed by atoms with Gasteiger partial charge in [-0.05, 0) is 37.1 Å². The molecule has 3 heterocycles. The van der Waals surface area contributed by atoms with Crippen LogP contribution in [0.2, 0.25) is 5.02 Å². The summed E-state index contributed by atoms with van der Waals surface area (Å²) < 4.78 is 72.7. The summed E-state index contributed by atoms with van der Waals surface area (Å²) >= 11 is 5.63. The number of hydrogen-bond donors (Lipinski definition) is 1. The maximum Gasteiger partial charge on any atom is 0.433 e. The molecule has 0 unspecified atom stereocenters. The summed E-state index contributed by atoms with van der Waals surface area (Å²) in [6, 6.07) is 1.58. The number of likely N-dealkylation sites (tertiary alicyclic amines) is 1. The van der Waals surface area contributed by atoms with E-state index < -0.39 is 52.4 Å². The first-order valence-corrected chi connectivity index (χ1v) is 10.8. The van der Waals surface area contributed by atoms with Gasteiger partial charge in [0.05, 0.1) is 24.3 Å². The van der Waals surface area contributed by atoms with Gasteiger partial charge in [0.1, 0.15) is 23.4 Å². The average Bonchev–Trinajstić information content (AvgIpc) is 3.23. The Balaban J connectivity index is 1.56. The van der Waals surface area contributed by atoms with E-state index in [2.05, 4.69) is 10.3 Å². The third kappa shape index (κ3) is 4.85. The number of nitrogens with zero attached hydrogens (tertiary/aromatic N) is 2. The molecular formula is C22H19ClF5N3O3. The SMILES string of the molecule is O=C(N[C@@H](c1cc(F)c(Cl)cc1F)C1COC1)[C@H]1CCCN1C(=O)c1ccnc(C(F)(F)F)c1. The predicted octanol–water partition coefficient (Wildman–Crippen LogP) is 4.14. The summed E-state index contributed by atoms with van der Waals surface area (Å²) in [4.78, 5) is 30.5. The summed E-state index contributed by atoms with van der Waals surface area (Å²) in [6.45, 7) is 0.570. The molecule has 6 nitrogen and oxygen atoms in total. The maximum absolute atomic E-state index is 14.6. The Labute approximate surface area is 196 Å². The summed E-state index contributed by atoms with van der Waals surface area (Å²) in [7, 11) is 0. The molecule has 2 amide bonds. The van der Waals surface area contributed by atoms with Gasteiger partial charge in [0.15, 0.2) is 0 Å². The monoisotopic (exact) mass is 503 g/mol. The van der Waals surface area contributed by atoms with Crippen molar-refractivity contribution < 1.29 is 36.3 Å². The second kappa shape index (κ2) is 9.46. The lowest BCUT2D eigenvalue weighted by atomic mass is 9.90. The van der Waals surface area contributed by atoms with Crippen LogP contribution in [0.1, 0.15) is 40.5 Å². The van der Waals surface area contributed by atoms with Gasteiger partial charge in [0, 0.05) is 29.8 Å². The van der Waals surface area contributed by atoms with Gasteiger partial charge in [0.25, 0.3) is 5.91 Å². The first-order valence-electron chi connectivity index (χ1n) is 10.4. The number of carbonyl (C=O) groups is 2. The van der Waals surface area contributed by atoms with Crippen LogP contribution in [0.25, 0.3) is 0 Å². The van der Waals surface area contributed by atoms with Crippen LogP contribution in [0.3, 0.4) is 0 Å². The molecule has 1 N–H and O–H groups in total. The van der Waals surface area contributed by atoms with Crippen LogP contribution < -0.4 is 5.32 Å². The molecule has 2 aromatic rings. The molecule has 1 aromatic carbocycles. The zero-order valence-corrected chi connectivity index (χ0v) is 18.3. The normalized spacial score (nSPS) is 19.6. The summed E-state index contributed by atoms with van der Waals surface area (Å²) in [5.41, 5.74) is -1.58. The minimum Gasteiger partial charge on any atom is -0.381 e. The van der Waals surface area contributed by atoms with Gasteiger partial charge in [0.2, 0.25) is 5.91 Å². The number of carbonyl (C=O) groups excluding carboxylic acids is 2. The van der Waals surface area contributed by atoms with Crippen molar-refractivity contribution in [3.63, 3.8) is 0 Å². The molecule has 2 atom stereocenters. The molecule has 1 aromatic heterocycles. The topological polar surface area (TPSA) is 71.5 Å². The quantitative estimate of drug-likeness (QED) is 0.492. The number of halogens is 6. The van der Waals surface area contributed by atoms with Crippen molar-refractivity contribution >= 4 is 23.4 Å². The molecule has 182 valence electrons. The van der Waals surface area contributed by atoms with Crippen LogP contribution >= 0.6 is 11.6 Å². The molecule has 2 fully saturated rings. The van der Waals surface area contributed by atoms with E-state index in [9.17, 15) is 31.5 Å². The smallest absolute Gasteiger partial charge is 0.381 e. The molecular weight excluding hydrogens is 485 g/mol. The summed E-state index contributed by atoms with van der Waals surface area (Å²) in [6.07, 6.45) is -3.14. The van der Waals surface area contributed by atoms with Gasteiger partial charge < -0.3 is 15.0 Å². The fourth-order valence-corrected chi connectivity index (χ4v) is 4.24. The average molecular weight is 504 g/mol. The largest absolute Gasteiger partial charge is 0.433 e. The van der Waals surface area contributed by atoms with Crippen LogP contribution in [0.15, 0.2) is 30.5 Å². The van der Waals surface area contributed by atoms with Crippen LogP contribution in [0.4, 0.5) is 22.0 Å². The lowest BCUT2D eigenvalue weighted by molar-refractivity contribution is -0.141. The second-order valence-corrected chi connectivity index (χ2v) is 8.56. The van der Waals surface area contributed by atoms with E-state index in [0.29, 0.717) is 12.5 Å². The van der Waals surface area contributed by atoms with Crippen LogP contribution in [-0.2, 0) is 15.7 Å². The number of pyridine rings is 1. The zero-order chi connectivity index (χ0) is 24.6. The van der Waals surface area contributed by atoms with Gasteiger partial charge in [-0.25, -0.2) is 8.78 Å². The Morgan fingerprint density at radius 1 is 1.18 bits per heavy atom. The van der Waals surface area contributed by atoms with Gasteiger partial charge in [-0.1, -0.05) is 11.6 Å². The fraction of sp³-hybridized carbons (Fsp3) is 0.409. The number of ether oxygens (including phenoxy) is 1. The third-order valence-corrected chi connectivity index (χ3v) is 6.21. The van der Waals surface area contributed by atoms with Crippen molar-refractivity contribution in [1.82, 2.24) is 15.2 Å². The third-order valence-electron chi connectivity index (χ3n) is 5.92. The van der Waals surface area contributed by atoms with E-state index >= 15 is 0 Å². The van der Waals surface area contributed by atoms with Crippen molar-refractivity contribution in [1.29, 1.82) is 0 Å². The number of amides is 2. The van der Waals surface area contributed by atoms with Crippen LogP contribution in [-0.4, -0.2) is 47.5 Å². The van der Waals surface area contributed by atoms with Gasteiger partial charge >= 0.3 is 6.18 Å². The molecule has 4 rings (SSSR count). The summed E-state index contributed by atoms with van der Waals surface area (Å²) in [5, 5.41) is 2.28. The second-order valence-electron chi connectivity index (χ2n) is 8.16. The molecule has 0 spiro atoms. The Bertz CT molecular complexity index is 1110. The molecule has 0 radical (unpaired) electrons. The number of aromatic nitrogens is 1. The highest BCUT2D eigenvalue weighted by Crippen LogP contribution is 2.33. The van der Waals surface area contributed by atoms with Gasteiger partial charge in [-0.3, -0.25) is 14.6 Å². The minimum absolute atomic E-state index is 0.108. The van der Waals surface area contributed by atoms with E-state index in [1.807, 2.05) is 0 Å². The van der Waals surface area contributed by atoms with Gasteiger partial charge in [-0.2, -0.15) is 13.2 Å². The Kier molecular flexibility index (Phi) is 6.77. The first-order chi connectivity index (χ1) is 16.1. The number of nitrogens with one attached hydrogen (secondary N) is 1. The van der Waals surface area contributed by atoms with E-state index in [1.165, 1.54) is 4.90 Å². The highest BCUT2D eigenvalue weighted by Gasteiger charge is 2.40. The highest BCUT2D eigenvalue weighted by molar-refractivity contribution is 6.30. The van der Waals surface area contributed by atoms with E-state index in [0.717, 1.165) is 24.4 Å². The van der Waals surface area contributed by atoms with Gasteiger partial charge in [-0.15, -0.1) is 0 Å². The number of hydrogen-bond acceptors (Lipinski definition) is 4. The standard InChI is InChI=1S/C22H19ClF5N3O3/c23-14-8-15(24)13(7-16(14)25)19(12-9-34-10-12)30-20(32)17-2-1-5-31(17)21(33)11-3-4-29-18(6-11)22(26,27)28/h3-4,6-8,12,17,19H,1-2,5,9-10H2,(H,30,32)/t17-,19-/m1/s1. The lowest BCUT2D eigenvalue weighted by Gasteiger charge is -2.36. The van der Waals surface area contributed by atoms with E-state index in [4.69, 9.17) is 16.3 Å². The summed E-state index contributed by atoms with van der Waals surface area (Å²) in [5.74, 6) is -3.37. The molecule has 12 heteroatoms. The predicted molar refractivity (Wildman–Crippen MR) is 110 cm³/mol. The van der Waals surface area contributed by atoms with Crippen molar-refractivity contribution in [3.8, 4) is 0 Å². The number of benzene rings is 1. The van der Waals surface area contributed by atoms with Crippen LogP contribution in [0, 0.1) is 17.6 Å². The Morgan fingerprint density at radius 2 is 1.91 bits per heavy atom. The first kappa shape index (κ1) is 24.3. The highest BCUT2D eigenvalue weighted by atomic mass is 35.5. The molecule has 2 saturated heterocycles. The number of alkyl halides is 3.